The van der Waals surface area contributed by atoms with Gasteiger partial charge in [0.05, 0.1) is 0 Å². The van der Waals surface area contributed by atoms with E-state index in [4.69, 9.17) is 0 Å². The first kappa shape index (κ1) is 6.20. The highest BCUT2D eigenvalue weighted by molar-refractivity contribution is 5.81. The summed E-state index contributed by atoms with van der Waals surface area (Å²) >= 11 is 0. The first-order valence-electron chi connectivity index (χ1n) is 4.08. The third-order valence-electron chi connectivity index (χ3n) is 2.37. The molecule has 2 rings (SSSR count). The highest BCUT2D eigenvalue weighted by Crippen LogP contribution is 2.38. The number of carbonyl (C=O) groups is 1. The van der Waals surface area contributed by atoms with Gasteiger partial charge >= 0.3 is 0 Å². The Balaban J connectivity index is 1.76. The van der Waals surface area contributed by atoms with Gasteiger partial charge in [0.25, 0.3) is 0 Å². The van der Waals surface area contributed by atoms with E-state index in [1.165, 1.54) is 12.8 Å². The van der Waals surface area contributed by atoms with E-state index in [-0.39, 0.29) is 0 Å². The summed E-state index contributed by atoms with van der Waals surface area (Å²) in [5.74, 6) is 1.31. The Morgan fingerprint density at radius 3 is 2.50 bits per heavy atom. The predicted molar refractivity (Wildman–Crippen MR) is 38.4 cm³/mol. The smallest absolute Gasteiger partial charge is 0.223 e. The molecule has 0 saturated heterocycles. The van der Waals surface area contributed by atoms with Crippen molar-refractivity contribution in [2.45, 2.75) is 32.2 Å². The number of hydrogen-bond donors (Lipinski definition) is 1. The minimum absolute atomic E-state index is 0.301. The molecular formula is C8H13NO. The molecule has 2 aliphatic rings. The lowest BCUT2D eigenvalue weighted by Gasteiger charge is -1.99. The molecule has 2 nitrogen and oxygen atoms in total. The van der Waals surface area contributed by atoms with Crippen LogP contribution in [0.3, 0.4) is 0 Å². The lowest BCUT2D eigenvalue weighted by atomic mass is 10.3. The number of amides is 1. The first-order chi connectivity index (χ1) is 4.77. The Morgan fingerprint density at radius 1 is 1.50 bits per heavy atom. The highest BCUT2D eigenvalue weighted by atomic mass is 16.2. The van der Waals surface area contributed by atoms with Crippen molar-refractivity contribution in [1.82, 2.24) is 5.32 Å². The van der Waals surface area contributed by atoms with Gasteiger partial charge in [0.15, 0.2) is 0 Å². The summed E-state index contributed by atoms with van der Waals surface area (Å²) in [4.78, 5) is 11.2. The predicted octanol–water partition coefficient (Wildman–Crippen LogP) is 0.921. The number of carbonyl (C=O) groups excluding carboxylic acids is 1. The largest absolute Gasteiger partial charge is 0.353 e. The van der Waals surface area contributed by atoms with Crippen LogP contribution in [0.2, 0.25) is 0 Å². The molecule has 0 radical (unpaired) electrons. The summed E-state index contributed by atoms with van der Waals surface area (Å²) in [6.07, 6.45) is 3.51. The fourth-order valence-corrected chi connectivity index (χ4v) is 1.22. The van der Waals surface area contributed by atoms with Crippen molar-refractivity contribution in [3.05, 3.63) is 0 Å². The van der Waals surface area contributed by atoms with E-state index in [0.717, 1.165) is 6.42 Å². The Labute approximate surface area is 61.0 Å². The van der Waals surface area contributed by atoms with Gasteiger partial charge in [0.1, 0.15) is 0 Å². The summed E-state index contributed by atoms with van der Waals surface area (Å²) in [6, 6.07) is 0.542. The standard InChI is InChI=1S/C8H13NO/c1-5-4-7(5)8(10)9-6-2-3-6/h5-7H,2-4H2,1H3,(H,9,10). The molecule has 0 bridgehead atoms. The van der Waals surface area contributed by atoms with E-state index in [2.05, 4.69) is 12.2 Å². The molecule has 2 saturated carbocycles. The molecule has 10 heavy (non-hydrogen) atoms. The molecule has 2 atom stereocenters. The summed E-state index contributed by atoms with van der Waals surface area (Å²) in [5, 5.41) is 3.01. The van der Waals surface area contributed by atoms with Crippen LogP contribution < -0.4 is 5.32 Å². The van der Waals surface area contributed by atoms with Crippen molar-refractivity contribution in [1.29, 1.82) is 0 Å². The molecule has 56 valence electrons. The summed E-state index contributed by atoms with van der Waals surface area (Å²) < 4.78 is 0. The average Bonchev–Trinajstić information content (AvgIpc) is 2.66. The van der Waals surface area contributed by atoms with Gasteiger partial charge in [-0.25, -0.2) is 0 Å². The molecule has 2 aliphatic carbocycles. The number of nitrogens with one attached hydrogen (secondary N) is 1. The van der Waals surface area contributed by atoms with Crippen LogP contribution in [0.1, 0.15) is 26.2 Å². The van der Waals surface area contributed by atoms with Crippen molar-refractivity contribution < 1.29 is 4.79 Å². The normalized spacial score (nSPS) is 37.3. The van der Waals surface area contributed by atoms with Crippen LogP contribution in [0.5, 0.6) is 0 Å². The maximum atomic E-state index is 11.2. The molecule has 0 spiro atoms. The molecule has 0 aromatic carbocycles. The topological polar surface area (TPSA) is 29.1 Å². The van der Waals surface area contributed by atoms with Gasteiger partial charge in [-0.15, -0.1) is 0 Å². The van der Waals surface area contributed by atoms with Gasteiger partial charge < -0.3 is 5.32 Å². The van der Waals surface area contributed by atoms with Crippen molar-refractivity contribution in [3.8, 4) is 0 Å². The van der Waals surface area contributed by atoms with E-state index in [1.54, 1.807) is 0 Å². The number of hydrogen-bond acceptors (Lipinski definition) is 1. The molecule has 0 heterocycles. The van der Waals surface area contributed by atoms with Crippen molar-refractivity contribution >= 4 is 5.91 Å². The van der Waals surface area contributed by atoms with E-state index in [1.807, 2.05) is 0 Å². The molecule has 2 heteroatoms. The second-order valence-electron chi connectivity index (χ2n) is 3.60. The zero-order valence-electron chi connectivity index (χ0n) is 6.26. The maximum absolute atomic E-state index is 11.2. The van der Waals surface area contributed by atoms with Crippen molar-refractivity contribution in [2.75, 3.05) is 0 Å². The van der Waals surface area contributed by atoms with E-state index >= 15 is 0 Å². The summed E-state index contributed by atoms with van der Waals surface area (Å²) in [6.45, 7) is 2.14. The Bertz CT molecular complexity index is 163. The fraction of sp³-hybridized carbons (Fsp3) is 0.875. The maximum Gasteiger partial charge on any atom is 0.223 e. The van der Waals surface area contributed by atoms with Crippen LogP contribution in [0, 0.1) is 11.8 Å². The molecule has 0 aliphatic heterocycles. The second kappa shape index (κ2) is 1.97. The quantitative estimate of drug-likeness (QED) is 0.605. The molecular weight excluding hydrogens is 126 g/mol. The van der Waals surface area contributed by atoms with Crippen LogP contribution in [0.4, 0.5) is 0 Å². The second-order valence-corrected chi connectivity index (χ2v) is 3.60. The van der Waals surface area contributed by atoms with Gasteiger partial charge in [-0.1, -0.05) is 6.92 Å². The van der Waals surface area contributed by atoms with Gasteiger partial charge in [0, 0.05) is 12.0 Å². The highest BCUT2D eigenvalue weighted by Gasteiger charge is 2.40. The Morgan fingerprint density at radius 2 is 2.10 bits per heavy atom. The molecule has 0 aromatic rings. The number of rotatable bonds is 2. The minimum atomic E-state index is 0.301. The van der Waals surface area contributed by atoms with Crippen LogP contribution >= 0.6 is 0 Å². The third-order valence-corrected chi connectivity index (χ3v) is 2.37. The lowest BCUT2D eigenvalue weighted by molar-refractivity contribution is -0.122. The molecule has 2 unspecified atom stereocenters. The van der Waals surface area contributed by atoms with Crippen LogP contribution in [0.15, 0.2) is 0 Å². The fourth-order valence-electron chi connectivity index (χ4n) is 1.22. The summed E-state index contributed by atoms with van der Waals surface area (Å²) in [5.41, 5.74) is 0. The summed E-state index contributed by atoms with van der Waals surface area (Å²) in [7, 11) is 0. The molecule has 1 N–H and O–H groups in total. The minimum Gasteiger partial charge on any atom is -0.353 e. The third kappa shape index (κ3) is 1.15. The van der Waals surface area contributed by atoms with Gasteiger partial charge in [-0.2, -0.15) is 0 Å². The average molecular weight is 139 g/mol. The molecule has 0 aromatic heterocycles. The van der Waals surface area contributed by atoms with Crippen LogP contribution in [0.25, 0.3) is 0 Å². The first-order valence-corrected chi connectivity index (χ1v) is 4.08. The SMILES string of the molecule is CC1CC1C(=O)NC1CC1. The van der Waals surface area contributed by atoms with Crippen molar-refractivity contribution in [2.24, 2.45) is 11.8 Å². The van der Waals surface area contributed by atoms with Crippen LogP contribution in [-0.4, -0.2) is 11.9 Å². The van der Waals surface area contributed by atoms with E-state index in [0.29, 0.717) is 23.8 Å². The van der Waals surface area contributed by atoms with Crippen molar-refractivity contribution in [3.63, 3.8) is 0 Å². The van der Waals surface area contributed by atoms with E-state index in [9.17, 15) is 4.79 Å². The zero-order chi connectivity index (χ0) is 7.14. The van der Waals surface area contributed by atoms with Gasteiger partial charge in [0.2, 0.25) is 5.91 Å². The monoisotopic (exact) mass is 139 g/mol. The van der Waals surface area contributed by atoms with E-state index < -0.39 is 0 Å². The zero-order valence-corrected chi connectivity index (χ0v) is 6.26. The molecule has 2 fully saturated rings. The van der Waals surface area contributed by atoms with Gasteiger partial charge in [-0.3, -0.25) is 4.79 Å². The Hall–Kier alpha value is -0.530. The van der Waals surface area contributed by atoms with Gasteiger partial charge in [-0.05, 0) is 25.2 Å². The van der Waals surface area contributed by atoms with Crippen LogP contribution in [-0.2, 0) is 4.79 Å². The Kier molecular flexibility index (Phi) is 1.22. The molecule has 1 amide bonds. The lowest BCUT2D eigenvalue weighted by Crippen LogP contribution is -2.27.